The molecule has 0 aromatic heterocycles. The van der Waals surface area contributed by atoms with Gasteiger partial charge in [-0.2, -0.15) is 0 Å². The van der Waals surface area contributed by atoms with Crippen molar-refractivity contribution in [1.82, 2.24) is 10.2 Å². The lowest BCUT2D eigenvalue weighted by molar-refractivity contribution is -0.128. The van der Waals surface area contributed by atoms with Gasteiger partial charge in [0.2, 0.25) is 5.91 Å². The molecule has 1 aliphatic heterocycles. The minimum absolute atomic E-state index is 0.0209. The van der Waals surface area contributed by atoms with Crippen molar-refractivity contribution in [1.29, 1.82) is 0 Å². The largest absolute Gasteiger partial charge is 0.349 e. The van der Waals surface area contributed by atoms with E-state index in [1.807, 2.05) is 29.2 Å². The fourth-order valence-corrected chi connectivity index (χ4v) is 3.64. The Kier molecular flexibility index (Phi) is 4.99. The molecule has 0 bridgehead atoms. The van der Waals surface area contributed by atoms with E-state index in [0.29, 0.717) is 30.5 Å². The van der Waals surface area contributed by atoms with Gasteiger partial charge in [0.05, 0.1) is 0 Å². The van der Waals surface area contributed by atoms with E-state index in [4.69, 9.17) is 0 Å². The molecule has 0 unspecified atom stereocenters. The second-order valence-electron chi connectivity index (χ2n) is 6.96. The van der Waals surface area contributed by atoms with Crippen molar-refractivity contribution < 1.29 is 9.59 Å². The SMILES string of the molecule is C[C@H]1CCCC[C@H]1NC(=O)c1ccc(CN2CCCC2=O)cc1. The molecule has 1 N–H and O–H groups in total. The van der Waals surface area contributed by atoms with Crippen molar-refractivity contribution in [3.05, 3.63) is 35.4 Å². The van der Waals surface area contributed by atoms with Crippen molar-refractivity contribution in [3.63, 3.8) is 0 Å². The average Bonchev–Trinajstić information content (AvgIpc) is 2.95. The molecule has 124 valence electrons. The van der Waals surface area contributed by atoms with Gasteiger partial charge in [-0.3, -0.25) is 9.59 Å². The Morgan fingerprint density at radius 2 is 1.91 bits per heavy atom. The summed E-state index contributed by atoms with van der Waals surface area (Å²) in [5, 5.41) is 3.18. The molecule has 4 heteroatoms. The third kappa shape index (κ3) is 3.92. The van der Waals surface area contributed by atoms with Crippen LogP contribution in [0.4, 0.5) is 0 Å². The van der Waals surface area contributed by atoms with Crippen LogP contribution >= 0.6 is 0 Å². The van der Waals surface area contributed by atoms with E-state index in [-0.39, 0.29) is 11.8 Å². The van der Waals surface area contributed by atoms with E-state index in [0.717, 1.165) is 24.9 Å². The smallest absolute Gasteiger partial charge is 0.251 e. The lowest BCUT2D eigenvalue weighted by atomic mass is 9.86. The molecule has 0 spiro atoms. The first-order valence-corrected chi connectivity index (χ1v) is 8.81. The van der Waals surface area contributed by atoms with Gasteiger partial charge in [0, 0.05) is 31.1 Å². The molecule has 2 aliphatic rings. The van der Waals surface area contributed by atoms with Crippen molar-refractivity contribution in [2.45, 2.75) is 58.0 Å². The maximum Gasteiger partial charge on any atom is 0.251 e. The fraction of sp³-hybridized carbons (Fsp3) is 0.579. The van der Waals surface area contributed by atoms with Crippen LogP contribution in [0.5, 0.6) is 0 Å². The Balaban J connectivity index is 1.57. The second-order valence-corrected chi connectivity index (χ2v) is 6.96. The molecule has 1 heterocycles. The van der Waals surface area contributed by atoms with Crippen LogP contribution in [0.15, 0.2) is 24.3 Å². The number of carbonyl (C=O) groups is 2. The van der Waals surface area contributed by atoms with E-state index >= 15 is 0 Å². The van der Waals surface area contributed by atoms with Gasteiger partial charge in [-0.15, -0.1) is 0 Å². The lowest BCUT2D eigenvalue weighted by Gasteiger charge is -2.29. The van der Waals surface area contributed by atoms with Gasteiger partial charge in [-0.05, 0) is 42.9 Å². The Morgan fingerprint density at radius 1 is 1.17 bits per heavy atom. The number of amides is 2. The Labute approximate surface area is 138 Å². The molecule has 1 saturated heterocycles. The second kappa shape index (κ2) is 7.16. The van der Waals surface area contributed by atoms with Crippen LogP contribution in [0.1, 0.15) is 61.4 Å². The van der Waals surface area contributed by atoms with E-state index in [9.17, 15) is 9.59 Å². The van der Waals surface area contributed by atoms with E-state index in [2.05, 4.69) is 12.2 Å². The predicted octanol–water partition coefficient (Wildman–Crippen LogP) is 3.12. The predicted molar refractivity (Wildman–Crippen MR) is 90.0 cm³/mol. The third-order valence-corrected chi connectivity index (χ3v) is 5.19. The highest BCUT2D eigenvalue weighted by atomic mass is 16.2. The first-order chi connectivity index (χ1) is 11.1. The Bertz CT molecular complexity index is 567. The number of nitrogens with one attached hydrogen (secondary N) is 1. The summed E-state index contributed by atoms with van der Waals surface area (Å²) in [7, 11) is 0. The van der Waals surface area contributed by atoms with E-state index < -0.39 is 0 Å². The summed E-state index contributed by atoms with van der Waals surface area (Å²) in [6, 6.07) is 7.98. The van der Waals surface area contributed by atoms with Crippen LogP contribution in [0, 0.1) is 5.92 Å². The van der Waals surface area contributed by atoms with Crippen LogP contribution in [0.3, 0.4) is 0 Å². The van der Waals surface area contributed by atoms with E-state index in [1.54, 1.807) is 0 Å². The van der Waals surface area contributed by atoms with Crippen LogP contribution in [-0.4, -0.2) is 29.3 Å². The topological polar surface area (TPSA) is 49.4 Å². The molecule has 3 rings (SSSR count). The summed E-state index contributed by atoms with van der Waals surface area (Å²) >= 11 is 0. The van der Waals surface area contributed by atoms with Crippen molar-refractivity contribution in [3.8, 4) is 0 Å². The zero-order valence-electron chi connectivity index (χ0n) is 13.9. The molecule has 1 aromatic carbocycles. The number of carbonyl (C=O) groups excluding carboxylic acids is 2. The highest BCUT2D eigenvalue weighted by Crippen LogP contribution is 2.24. The molecule has 23 heavy (non-hydrogen) atoms. The van der Waals surface area contributed by atoms with Crippen LogP contribution in [-0.2, 0) is 11.3 Å². The fourth-order valence-electron chi connectivity index (χ4n) is 3.64. The minimum Gasteiger partial charge on any atom is -0.349 e. The normalized spacial score (nSPS) is 24.7. The monoisotopic (exact) mass is 314 g/mol. The molecule has 2 atom stereocenters. The van der Waals surface area contributed by atoms with Gasteiger partial charge in [-0.1, -0.05) is 31.9 Å². The highest BCUT2D eigenvalue weighted by Gasteiger charge is 2.23. The van der Waals surface area contributed by atoms with Crippen LogP contribution in [0.2, 0.25) is 0 Å². The molecular weight excluding hydrogens is 288 g/mol. The van der Waals surface area contributed by atoms with Crippen molar-refractivity contribution in [2.75, 3.05) is 6.54 Å². The molecule has 2 amide bonds. The zero-order chi connectivity index (χ0) is 16.2. The van der Waals surface area contributed by atoms with Gasteiger partial charge in [0.1, 0.15) is 0 Å². The summed E-state index contributed by atoms with van der Waals surface area (Å²) in [6.07, 6.45) is 6.39. The molecule has 1 saturated carbocycles. The Morgan fingerprint density at radius 3 is 2.57 bits per heavy atom. The molecule has 1 aliphatic carbocycles. The number of hydrogen-bond acceptors (Lipinski definition) is 2. The number of benzene rings is 1. The van der Waals surface area contributed by atoms with E-state index in [1.165, 1.54) is 19.3 Å². The van der Waals surface area contributed by atoms with Crippen molar-refractivity contribution >= 4 is 11.8 Å². The average molecular weight is 314 g/mol. The zero-order valence-corrected chi connectivity index (χ0v) is 13.9. The maximum absolute atomic E-state index is 12.4. The van der Waals surface area contributed by atoms with Crippen LogP contribution in [0.25, 0.3) is 0 Å². The number of rotatable bonds is 4. The summed E-state index contributed by atoms with van der Waals surface area (Å²) < 4.78 is 0. The summed E-state index contributed by atoms with van der Waals surface area (Å²) in [6.45, 7) is 3.72. The summed E-state index contributed by atoms with van der Waals surface area (Å²) in [5.41, 5.74) is 1.79. The number of nitrogens with zero attached hydrogens (tertiary/aromatic N) is 1. The maximum atomic E-state index is 12.4. The van der Waals surface area contributed by atoms with Gasteiger partial charge >= 0.3 is 0 Å². The first kappa shape index (κ1) is 16.0. The third-order valence-electron chi connectivity index (χ3n) is 5.19. The number of likely N-dealkylation sites (tertiary alicyclic amines) is 1. The lowest BCUT2D eigenvalue weighted by Crippen LogP contribution is -2.41. The van der Waals surface area contributed by atoms with Gasteiger partial charge < -0.3 is 10.2 Å². The molecule has 2 fully saturated rings. The molecule has 4 nitrogen and oxygen atoms in total. The summed E-state index contributed by atoms with van der Waals surface area (Å²) in [5.74, 6) is 0.818. The van der Waals surface area contributed by atoms with Gasteiger partial charge in [-0.25, -0.2) is 0 Å². The molecule has 0 radical (unpaired) electrons. The van der Waals surface area contributed by atoms with Crippen molar-refractivity contribution in [2.24, 2.45) is 5.92 Å². The quantitative estimate of drug-likeness (QED) is 0.928. The number of hydrogen-bond donors (Lipinski definition) is 1. The highest BCUT2D eigenvalue weighted by molar-refractivity contribution is 5.94. The molecular formula is C19H26N2O2. The molecule has 1 aromatic rings. The summed E-state index contributed by atoms with van der Waals surface area (Å²) in [4.78, 5) is 25.9. The van der Waals surface area contributed by atoms with Gasteiger partial charge in [0.25, 0.3) is 5.91 Å². The first-order valence-electron chi connectivity index (χ1n) is 8.81. The Hall–Kier alpha value is -1.84. The standard InChI is InChI=1S/C19H26N2O2/c1-14-5-2-3-6-17(14)20-19(23)16-10-8-15(9-11-16)13-21-12-4-7-18(21)22/h8-11,14,17H,2-7,12-13H2,1H3,(H,20,23)/t14-,17+/m0/s1. The van der Waals surface area contributed by atoms with Crippen LogP contribution < -0.4 is 5.32 Å². The minimum atomic E-state index is 0.0209. The van der Waals surface area contributed by atoms with Gasteiger partial charge in [0.15, 0.2) is 0 Å².